The highest BCUT2D eigenvalue weighted by atomic mass is 32.2. The van der Waals surface area contributed by atoms with Crippen molar-refractivity contribution in [3.8, 4) is 0 Å². The number of nitrogens with zero attached hydrogens (tertiary/aromatic N) is 2. The summed E-state index contributed by atoms with van der Waals surface area (Å²) in [5.74, 6) is -0.0685. The monoisotopic (exact) mass is 458 g/mol. The van der Waals surface area contributed by atoms with Gasteiger partial charge in [-0.15, -0.1) is 11.3 Å². The van der Waals surface area contributed by atoms with E-state index < -0.39 is 21.8 Å². The Bertz CT molecular complexity index is 1040. The van der Waals surface area contributed by atoms with E-state index in [9.17, 15) is 26.4 Å². The summed E-state index contributed by atoms with van der Waals surface area (Å²) in [5.41, 5.74) is 0.973. The number of alkyl halides is 3. The van der Waals surface area contributed by atoms with Crippen molar-refractivity contribution in [1.82, 2.24) is 9.21 Å². The van der Waals surface area contributed by atoms with Gasteiger partial charge in [-0.2, -0.15) is 17.5 Å². The maximum absolute atomic E-state index is 12.9. The number of hydrogen-bond acceptors (Lipinski definition) is 4. The predicted molar refractivity (Wildman–Crippen MR) is 107 cm³/mol. The standard InChI is InChI=1S/C20H21F3N2O3S2/c21-20(22,23)14-5-7-15(8-6-14)30(27,28)25-11-9-24(10-12-25)19(26)17-13-29-18-4-2-1-3-16(17)18/h5-8,13H,1-4,9-12H2. The summed E-state index contributed by atoms with van der Waals surface area (Å²) in [6, 6.07) is 3.50. The maximum Gasteiger partial charge on any atom is 0.416 e. The minimum atomic E-state index is -4.52. The van der Waals surface area contributed by atoms with Crippen molar-refractivity contribution in [2.75, 3.05) is 26.2 Å². The number of thiophene rings is 1. The molecule has 1 aromatic carbocycles. The fourth-order valence-corrected chi connectivity index (χ4v) is 6.48. The van der Waals surface area contributed by atoms with Crippen LogP contribution in [0.4, 0.5) is 13.2 Å². The van der Waals surface area contributed by atoms with E-state index in [2.05, 4.69) is 0 Å². The molecule has 10 heteroatoms. The molecule has 2 heterocycles. The SMILES string of the molecule is O=C(c1csc2c1CCCC2)N1CCN(S(=O)(=O)c2ccc(C(F)(F)F)cc2)CC1. The summed E-state index contributed by atoms with van der Waals surface area (Å²) in [6.07, 6.45) is -0.394. The van der Waals surface area contributed by atoms with Crippen LogP contribution < -0.4 is 0 Å². The maximum atomic E-state index is 12.9. The molecule has 1 aromatic heterocycles. The van der Waals surface area contributed by atoms with Gasteiger partial charge in [-0.25, -0.2) is 8.42 Å². The first-order valence-corrected chi connectivity index (χ1v) is 12.1. The Morgan fingerprint density at radius 2 is 1.60 bits per heavy atom. The number of carbonyl (C=O) groups excluding carboxylic acids is 1. The van der Waals surface area contributed by atoms with E-state index in [1.54, 1.807) is 16.2 Å². The van der Waals surface area contributed by atoms with Gasteiger partial charge in [0.05, 0.1) is 16.0 Å². The van der Waals surface area contributed by atoms with E-state index in [1.165, 1.54) is 9.18 Å². The lowest BCUT2D eigenvalue weighted by molar-refractivity contribution is -0.137. The summed E-state index contributed by atoms with van der Waals surface area (Å²) in [6.45, 7) is 0.732. The summed E-state index contributed by atoms with van der Waals surface area (Å²) in [7, 11) is -3.91. The third-order valence-corrected chi connectivity index (χ3v) is 8.64. The molecule has 0 radical (unpaired) electrons. The summed E-state index contributed by atoms with van der Waals surface area (Å²) in [4.78, 5) is 15.7. The first-order valence-electron chi connectivity index (χ1n) is 9.74. The number of aryl methyl sites for hydroxylation is 1. The molecule has 0 N–H and O–H groups in total. The Balaban J connectivity index is 1.44. The van der Waals surface area contributed by atoms with Crippen molar-refractivity contribution in [2.24, 2.45) is 0 Å². The van der Waals surface area contributed by atoms with Crippen LogP contribution in [-0.4, -0.2) is 49.7 Å². The van der Waals surface area contributed by atoms with Gasteiger partial charge in [-0.1, -0.05) is 0 Å². The van der Waals surface area contributed by atoms with Gasteiger partial charge in [-0.3, -0.25) is 4.79 Å². The molecule has 162 valence electrons. The van der Waals surface area contributed by atoms with Gasteiger partial charge < -0.3 is 4.90 Å². The van der Waals surface area contributed by atoms with E-state index >= 15 is 0 Å². The Morgan fingerprint density at radius 1 is 0.967 bits per heavy atom. The Kier molecular flexibility index (Phi) is 5.67. The molecule has 0 atom stereocenters. The van der Waals surface area contributed by atoms with Gasteiger partial charge in [0.25, 0.3) is 5.91 Å². The number of sulfonamides is 1. The Hall–Kier alpha value is -1.91. The van der Waals surface area contributed by atoms with Crippen molar-refractivity contribution in [1.29, 1.82) is 0 Å². The lowest BCUT2D eigenvalue weighted by atomic mass is 9.95. The molecule has 1 aliphatic carbocycles. The molecule has 0 saturated carbocycles. The fourth-order valence-electron chi connectivity index (χ4n) is 3.94. The molecule has 1 amide bonds. The number of rotatable bonds is 3. The highest BCUT2D eigenvalue weighted by molar-refractivity contribution is 7.89. The highest BCUT2D eigenvalue weighted by Gasteiger charge is 2.34. The van der Waals surface area contributed by atoms with Crippen molar-refractivity contribution in [2.45, 2.75) is 36.8 Å². The third-order valence-electron chi connectivity index (χ3n) is 5.64. The molecule has 2 aromatic rings. The minimum absolute atomic E-state index is 0.0685. The van der Waals surface area contributed by atoms with Crippen LogP contribution in [-0.2, 0) is 29.0 Å². The number of benzene rings is 1. The zero-order chi connectivity index (χ0) is 21.5. The Morgan fingerprint density at radius 3 is 2.23 bits per heavy atom. The van der Waals surface area contributed by atoms with E-state index in [-0.39, 0.29) is 37.0 Å². The van der Waals surface area contributed by atoms with Crippen LogP contribution in [0.1, 0.15) is 39.2 Å². The molecule has 0 spiro atoms. The van der Waals surface area contributed by atoms with Gasteiger partial charge in [0.2, 0.25) is 10.0 Å². The van der Waals surface area contributed by atoms with Crippen molar-refractivity contribution in [3.05, 3.63) is 51.2 Å². The molecule has 30 heavy (non-hydrogen) atoms. The quantitative estimate of drug-likeness (QED) is 0.703. The predicted octanol–water partition coefficient (Wildman–Crippen LogP) is 3.79. The average Bonchev–Trinajstić information content (AvgIpc) is 3.17. The largest absolute Gasteiger partial charge is 0.416 e. The first-order chi connectivity index (χ1) is 14.2. The third kappa shape index (κ3) is 4.00. The van der Waals surface area contributed by atoms with Gasteiger partial charge in [0.1, 0.15) is 0 Å². The lowest BCUT2D eigenvalue weighted by Crippen LogP contribution is -2.50. The van der Waals surface area contributed by atoms with Crippen molar-refractivity contribution < 1.29 is 26.4 Å². The van der Waals surface area contributed by atoms with E-state index in [4.69, 9.17) is 0 Å². The van der Waals surface area contributed by atoms with E-state index in [0.717, 1.165) is 61.1 Å². The second-order valence-corrected chi connectivity index (χ2v) is 10.4. The molecular formula is C20H21F3N2O3S2. The second-order valence-electron chi connectivity index (χ2n) is 7.48. The van der Waals surface area contributed by atoms with E-state index in [1.807, 2.05) is 5.38 Å². The molecule has 4 rings (SSSR count). The Labute approximate surface area is 177 Å². The topological polar surface area (TPSA) is 57.7 Å². The molecule has 1 fully saturated rings. The normalized spacial score (nSPS) is 18.3. The number of hydrogen-bond donors (Lipinski definition) is 0. The molecule has 2 aliphatic rings. The van der Waals surface area contributed by atoms with Gasteiger partial charge >= 0.3 is 6.18 Å². The van der Waals surface area contributed by atoms with Crippen LogP contribution in [0.2, 0.25) is 0 Å². The first kappa shape index (κ1) is 21.3. The zero-order valence-corrected chi connectivity index (χ0v) is 17.7. The second kappa shape index (κ2) is 7.97. The molecule has 0 bridgehead atoms. The van der Waals surface area contributed by atoms with Crippen LogP contribution in [0.3, 0.4) is 0 Å². The molecular weight excluding hydrogens is 437 g/mol. The van der Waals surface area contributed by atoms with Crippen LogP contribution >= 0.6 is 11.3 Å². The zero-order valence-electron chi connectivity index (χ0n) is 16.1. The smallest absolute Gasteiger partial charge is 0.336 e. The van der Waals surface area contributed by atoms with Crippen molar-refractivity contribution >= 4 is 27.3 Å². The average molecular weight is 459 g/mol. The number of carbonyl (C=O) groups is 1. The highest BCUT2D eigenvalue weighted by Crippen LogP contribution is 2.32. The van der Waals surface area contributed by atoms with Crippen LogP contribution in [0.5, 0.6) is 0 Å². The molecule has 0 unspecified atom stereocenters. The number of halogens is 3. The number of piperazine rings is 1. The summed E-state index contributed by atoms with van der Waals surface area (Å²) >= 11 is 1.62. The number of fused-ring (bicyclic) bond motifs is 1. The lowest BCUT2D eigenvalue weighted by Gasteiger charge is -2.34. The summed E-state index contributed by atoms with van der Waals surface area (Å²) in [5, 5.41) is 1.91. The van der Waals surface area contributed by atoms with Gasteiger partial charge in [-0.05, 0) is 55.5 Å². The van der Waals surface area contributed by atoms with E-state index in [0.29, 0.717) is 0 Å². The molecule has 1 saturated heterocycles. The van der Waals surface area contributed by atoms with Crippen molar-refractivity contribution in [3.63, 3.8) is 0 Å². The van der Waals surface area contributed by atoms with Gasteiger partial charge in [0, 0.05) is 36.4 Å². The minimum Gasteiger partial charge on any atom is -0.336 e. The van der Waals surface area contributed by atoms with Gasteiger partial charge in [0.15, 0.2) is 0 Å². The molecule has 1 aliphatic heterocycles. The summed E-state index contributed by atoms with van der Waals surface area (Å²) < 4.78 is 64.9. The van der Waals surface area contributed by atoms with Crippen LogP contribution in [0.15, 0.2) is 34.5 Å². The van der Waals surface area contributed by atoms with Crippen LogP contribution in [0, 0.1) is 0 Å². The van der Waals surface area contributed by atoms with Crippen LogP contribution in [0.25, 0.3) is 0 Å². The fraction of sp³-hybridized carbons (Fsp3) is 0.450. The number of amides is 1. The molecule has 5 nitrogen and oxygen atoms in total.